The average Bonchev–Trinajstić information content (AvgIpc) is 2.78. The maximum atomic E-state index is 13.1. The van der Waals surface area contributed by atoms with E-state index < -0.39 is 0 Å². The fourth-order valence-corrected chi connectivity index (χ4v) is 2.54. The number of fused-ring (bicyclic) bond motifs is 1. The second-order valence-electron chi connectivity index (χ2n) is 5.02. The van der Waals surface area contributed by atoms with Gasteiger partial charge in [-0.25, -0.2) is 4.39 Å². The molecule has 0 spiro atoms. The molecule has 0 saturated carbocycles. The molecule has 96 valence electrons. The van der Waals surface area contributed by atoms with Gasteiger partial charge in [0.1, 0.15) is 5.82 Å². The van der Waals surface area contributed by atoms with Crippen molar-refractivity contribution in [2.75, 3.05) is 0 Å². The summed E-state index contributed by atoms with van der Waals surface area (Å²) in [6.45, 7) is 4.85. The van der Waals surface area contributed by atoms with Gasteiger partial charge in [-0.1, -0.05) is 18.2 Å². The van der Waals surface area contributed by atoms with Gasteiger partial charge in [-0.15, -0.1) is 0 Å². The highest BCUT2D eigenvalue weighted by Crippen LogP contribution is 2.21. The standard InChI is InChI=1S/C17H16FN/c1-12-4-3-5-17-16(12)8-9-19(17)11-14-6-7-15(18)10-13(14)2/h3-10H,11H2,1-2H3. The second-order valence-corrected chi connectivity index (χ2v) is 5.02. The summed E-state index contributed by atoms with van der Waals surface area (Å²) < 4.78 is 15.3. The highest BCUT2D eigenvalue weighted by atomic mass is 19.1. The van der Waals surface area contributed by atoms with Crippen LogP contribution >= 0.6 is 0 Å². The topological polar surface area (TPSA) is 4.93 Å². The molecule has 0 aliphatic heterocycles. The monoisotopic (exact) mass is 253 g/mol. The molecule has 1 aromatic heterocycles. The predicted octanol–water partition coefficient (Wildman–Crippen LogP) is 4.45. The van der Waals surface area contributed by atoms with Crippen LogP contribution in [0.1, 0.15) is 16.7 Å². The van der Waals surface area contributed by atoms with Gasteiger partial charge in [-0.3, -0.25) is 0 Å². The molecule has 3 aromatic rings. The SMILES string of the molecule is Cc1cc(F)ccc1Cn1ccc2c(C)cccc21. The summed E-state index contributed by atoms with van der Waals surface area (Å²) in [5.41, 5.74) is 4.66. The normalized spacial score (nSPS) is 11.1. The zero-order valence-electron chi connectivity index (χ0n) is 11.2. The van der Waals surface area contributed by atoms with Crippen LogP contribution in [0.4, 0.5) is 4.39 Å². The molecule has 0 saturated heterocycles. The van der Waals surface area contributed by atoms with Crippen LogP contribution in [-0.4, -0.2) is 4.57 Å². The molecule has 0 atom stereocenters. The van der Waals surface area contributed by atoms with Crippen LogP contribution in [0.5, 0.6) is 0 Å². The maximum Gasteiger partial charge on any atom is 0.123 e. The van der Waals surface area contributed by atoms with Crippen molar-refractivity contribution >= 4 is 10.9 Å². The van der Waals surface area contributed by atoms with Crippen molar-refractivity contribution in [3.05, 3.63) is 71.2 Å². The fourth-order valence-electron chi connectivity index (χ4n) is 2.54. The first-order valence-corrected chi connectivity index (χ1v) is 6.44. The lowest BCUT2D eigenvalue weighted by atomic mass is 10.1. The fraction of sp³-hybridized carbons (Fsp3) is 0.176. The molecule has 2 aromatic carbocycles. The van der Waals surface area contributed by atoms with Crippen LogP contribution in [0.3, 0.4) is 0 Å². The number of nitrogens with zero attached hydrogens (tertiary/aromatic N) is 1. The van der Waals surface area contributed by atoms with E-state index in [1.165, 1.54) is 22.5 Å². The van der Waals surface area contributed by atoms with Crippen LogP contribution in [0, 0.1) is 19.7 Å². The summed E-state index contributed by atoms with van der Waals surface area (Å²) in [7, 11) is 0. The number of halogens is 1. The number of hydrogen-bond acceptors (Lipinski definition) is 0. The zero-order chi connectivity index (χ0) is 13.4. The Morgan fingerprint density at radius 2 is 1.84 bits per heavy atom. The molecule has 19 heavy (non-hydrogen) atoms. The largest absolute Gasteiger partial charge is 0.343 e. The zero-order valence-corrected chi connectivity index (χ0v) is 11.2. The Kier molecular flexibility index (Phi) is 2.86. The van der Waals surface area contributed by atoms with E-state index in [-0.39, 0.29) is 5.82 Å². The van der Waals surface area contributed by atoms with E-state index in [9.17, 15) is 4.39 Å². The van der Waals surface area contributed by atoms with Crippen LogP contribution in [0.15, 0.2) is 48.7 Å². The van der Waals surface area contributed by atoms with Crippen LogP contribution in [0.25, 0.3) is 10.9 Å². The third kappa shape index (κ3) is 2.14. The van der Waals surface area contributed by atoms with E-state index in [0.717, 1.165) is 17.7 Å². The lowest BCUT2D eigenvalue weighted by Crippen LogP contribution is -2.00. The summed E-state index contributed by atoms with van der Waals surface area (Å²) >= 11 is 0. The molecule has 0 bridgehead atoms. The number of aromatic nitrogens is 1. The molecule has 0 aliphatic carbocycles. The minimum absolute atomic E-state index is 0.172. The highest BCUT2D eigenvalue weighted by Gasteiger charge is 2.05. The lowest BCUT2D eigenvalue weighted by molar-refractivity contribution is 0.625. The second kappa shape index (κ2) is 4.54. The first-order chi connectivity index (χ1) is 9.15. The first kappa shape index (κ1) is 12.0. The molecule has 2 heteroatoms. The Morgan fingerprint density at radius 3 is 2.63 bits per heavy atom. The maximum absolute atomic E-state index is 13.1. The summed E-state index contributed by atoms with van der Waals surface area (Å²) in [4.78, 5) is 0. The number of aryl methyl sites for hydroxylation is 2. The van der Waals surface area contributed by atoms with Crippen molar-refractivity contribution in [2.45, 2.75) is 20.4 Å². The molecule has 0 N–H and O–H groups in total. The van der Waals surface area contributed by atoms with E-state index in [1.54, 1.807) is 6.07 Å². The first-order valence-electron chi connectivity index (χ1n) is 6.44. The Labute approximate surface area is 112 Å². The van der Waals surface area contributed by atoms with Gasteiger partial charge in [0, 0.05) is 23.6 Å². The minimum atomic E-state index is -0.172. The quantitative estimate of drug-likeness (QED) is 0.636. The third-order valence-corrected chi connectivity index (χ3v) is 3.68. The van der Waals surface area contributed by atoms with Gasteiger partial charge < -0.3 is 4.57 Å². The highest BCUT2D eigenvalue weighted by molar-refractivity contribution is 5.83. The predicted molar refractivity (Wildman–Crippen MR) is 76.9 cm³/mol. The van der Waals surface area contributed by atoms with E-state index in [0.29, 0.717) is 0 Å². The summed E-state index contributed by atoms with van der Waals surface area (Å²) in [5, 5.41) is 1.28. The summed E-state index contributed by atoms with van der Waals surface area (Å²) in [6.07, 6.45) is 2.10. The molecular formula is C17H16FN. The summed E-state index contributed by atoms with van der Waals surface area (Å²) in [5.74, 6) is -0.172. The molecule has 0 fully saturated rings. The smallest absolute Gasteiger partial charge is 0.123 e. The minimum Gasteiger partial charge on any atom is -0.343 e. The van der Waals surface area contributed by atoms with Gasteiger partial charge in [0.15, 0.2) is 0 Å². The number of hydrogen-bond donors (Lipinski definition) is 0. The number of benzene rings is 2. The Hall–Kier alpha value is -2.09. The Morgan fingerprint density at radius 1 is 1.00 bits per heavy atom. The van der Waals surface area contributed by atoms with Crippen molar-refractivity contribution in [3.63, 3.8) is 0 Å². The van der Waals surface area contributed by atoms with E-state index in [4.69, 9.17) is 0 Å². The molecule has 0 unspecified atom stereocenters. The van der Waals surface area contributed by atoms with Gasteiger partial charge in [-0.2, -0.15) is 0 Å². The Balaban J connectivity index is 2.04. The van der Waals surface area contributed by atoms with Crippen molar-refractivity contribution in [1.82, 2.24) is 4.57 Å². The molecule has 1 nitrogen and oxygen atoms in total. The summed E-state index contributed by atoms with van der Waals surface area (Å²) in [6, 6.07) is 13.4. The van der Waals surface area contributed by atoms with Gasteiger partial charge in [0.25, 0.3) is 0 Å². The Bertz CT molecular complexity index is 740. The molecule has 1 heterocycles. The van der Waals surface area contributed by atoms with Crippen molar-refractivity contribution < 1.29 is 4.39 Å². The van der Waals surface area contributed by atoms with Crippen LogP contribution < -0.4 is 0 Å². The third-order valence-electron chi connectivity index (χ3n) is 3.68. The molecule has 0 aliphatic rings. The van der Waals surface area contributed by atoms with Gasteiger partial charge >= 0.3 is 0 Å². The van der Waals surface area contributed by atoms with Crippen molar-refractivity contribution in [3.8, 4) is 0 Å². The lowest BCUT2D eigenvalue weighted by Gasteiger charge is -2.09. The van der Waals surface area contributed by atoms with Crippen LogP contribution in [0.2, 0.25) is 0 Å². The molecule has 0 amide bonds. The number of rotatable bonds is 2. The average molecular weight is 253 g/mol. The molecule has 0 radical (unpaired) electrons. The van der Waals surface area contributed by atoms with Crippen molar-refractivity contribution in [1.29, 1.82) is 0 Å². The van der Waals surface area contributed by atoms with Crippen molar-refractivity contribution in [2.24, 2.45) is 0 Å². The van der Waals surface area contributed by atoms with Gasteiger partial charge in [0.2, 0.25) is 0 Å². The molecule has 3 rings (SSSR count). The van der Waals surface area contributed by atoms with E-state index >= 15 is 0 Å². The van der Waals surface area contributed by atoms with Crippen LogP contribution in [-0.2, 0) is 6.54 Å². The van der Waals surface area contributed by atoms with Gasteiger partial charge in [0.05, 0.1) is 0 Å². The van der Waals surface area contributed by atoms with E-state index in [2.05, 4.69) is 42.0 Å². The molecular weight excluding hydrogens is 237 g/mol. The van der Waals surface area contributed by atoms with Gasteiger partial charge in [-0.05, 0) is 54.8 Å². The van der Waals surface area contributed by atoms with E-state index in [1.807, 2.05) is 13.0 Å².